The maximum atomic E-state index is 11.8. The fourth-order valence-corrected chi connectivity index (χ4v) is 1.97. The number of hydrogen-bond donors (Lipinski definition) is 2. The predicted molar refractivity (Wildman–Crippen MR) is 109 cm³/mol. The zero-order chi connectivity index (χ0) is 17.5. The van der Waals surface area contributed by atoms with Crippen LogP contribution in [0, 0.1) is 5.41 Å². The molecule has 8 heteroatoms. The SMILES string of the molecule is CCNC(=NCCNC(=O)C(C)(C)C)N(C)Cc1cnn(C)c1.I. The Hall–Kier alpha value is -1.32. The molecule has 0 aliphatic carbocycles. The van der Waals surface area contributed by atoms with E-state index in [2.05, 4.69) is 20.7 Å². The van der Waals surface area contributed by atoms with Crippen LogP contribution in [-0.2, 0) is 18.4 Å². The Balaban J connectivity index is 0.00000529. The fraction of sp³-hybridized carbons (Fsp3) is 0.688. The molecule has 138 valence electrons. The summed E-state index contributed by atoms with van der Waals surface area (Å²) < 4.78 is 1.79. The van der Waals surface area contributed by atoms with Crippen molar-refractivity contribution in [3.05, 3.63) is 18.0 Å². The molecule has 0 atom stereocenters. The number of hydrogen-bond acceptors (Lipinski definition) is 3. The molecule has 1 heterocycles. The van der Waals surface area contributed by atoms with Crippen molar-refractivity contribution >= 4 is 35.8 Å². The number of carbonyl (C=O) groups is 1. The second-order valence-corrected chi connectivity index (χ2v) is 6.62. The molecule has 0 radical (unpaired) electrons. The minimum Gasteiger partial charge on any atom is -0.357 e. The van der Waals surface area contributed by atoms with E-state index in [-0.39, 0.29) is 35.3 Å². The van der Waals surface area contributed by atoms with Gasteiger partial charge in [-0.05, 0) is 6.92 Å². The van der Waals surface area contributed by atoms with E-state index in [1.165, 1.54) is 0 Å². The van der Waals surface area contributed by atoms with Crippen molar-refractivity contribution in [1.29, 1.82) is 0 Å². The molecule has 1 amide bonds. The van der Waals surface area contributed by atoms with Gasteiger partial charge in [-0.2, -0.15) is 5.10 Å². The Bertz CT molecular complexity index is 535. The van der Waals surface area contributed by atoms with Crippen molar-refractivity contribution in [2.75, 3.05) is 26.7 Å². The first-order valence-electron chi connectivity index (χ1n) is 7.99. The summed E-state index contributed by atoms with van der Waals surface area (Å²) in [6.45, 7) is 10.3. The Morgan fingerprint density at radius 2 is 2.04 bits per heavy atom. The van der Waals surface area contributed by atoms with Crippen molar-refractivity contribution in [3.63, 3.8) is 0 Å². The Labute approximate surface area is 162 Å². The van der Waals surface area contributed by atoms with E-state index in [1.807, 2.05) is 59.1 Å². The topological polar surface area (TPSA) is 74.6 Å². The van der Waals surface area contributed by atoms with Crippen molar-refractivity contribution < 1.29 is 4.79 Å². The Morgan fingerprint density at radius 3 is 2.54 bits per heavy atom. The monoisotopic (exact) mass is 450 g/mol. The zero-order valence-corrected chi connectivity index (χ0v) is 17.9. The third-order valence-corrected chi connectivity index (χ3v) is 3.21. The largest absolute Gasteiger partial charge is 0.357 e. The molecule has 0 saturated carbocycles. The highest BCUT2D eigenvalue weighted by Crippen LogP contribution is 2.11. The molecule has 1 rings (SSSR count). The number of guanidine groups is 1. The van der Waals surface area contributed by atoms with E-state index in [4.69, 9.17) is 0 Å². The summed E-state index contributed by atoms with van der Waals surface area (Å²) in [5.74, 6) is 0.864. The summed E-state index contributed by atoms with van der Waals surface area (Å²) in [5.41, 5.74) is 0.757. The predicted octanol–water partition coefficient (Wildman–Crippen LogP) is 1.60. The van der Waals surface area contributed by atoms with Crippen molar-refractivity contribution in [3.8, 4) is 0 Å². The maximum absolute atomic E-state index is 11.8. The Kier molecular flexibility index (Phi) is 9.95. The molecule has 0 spiro atoms. The molecule has 0 bridgehead atoms. The van der Waals surface area contributed by atoms with Crippen LogP contribution in [0.1, 0.15) is 33.3 Å². The molecule has 2 N–H and O–H groups in total. The lowest BCUT2D eigenvalue weighted by Gasteiger charge is -2.21. The summed E-state index contributed by atoms with van der Waals surface area (Å²) in [7, 11) is 3.89. The second-order valence-electron chi connectivity index (χ2n) is 6.62. The summed E-state index contributed by atoms with van der Waals surface area (Å²) in [6.07, 6.45) is 3.84. The number of nitrogens with one attached hydrogen (secondary N) is 2. The van der Waals surface area contributed by atoms with Gasteiger partial charge in [0, 0.05) is 50.9 Å². The summed E-state index contributed by atoms with van der Waals surface area (Å²) in [6, 6.07) is 0. The van der Waals surface area contributed by atoms with E-state index in [0.717, 1.165) is 24.6 Å². The van der Waals surface area contributed by atoms with Gasteiger partial charge in [-0.1, -0.05) is 20.8 Å². The highest BCUT2D eigenvalue weighted by Gasteiger charge is 2.20. The molecule has 0 fully saturated rings. The average molecular weight is 450 g/mol. The van der Waals surface area contributed by atoms with E-state index in [9.17, 15) is 4.79 Å². The van der Waals surface area contributed by atoms with Crippen LogP contribution in [0.5, 0.6) is 0 Å². The number of rotatable bonds is 6. The van der Waals surface area contributed by atoms with Gasteiger partial charge in [0.25, 0.3) is 0 Å². The lowest BCUT2D eigenvalue weighted by atomic mass is 9.96. The fourth-order valence-electron chi connectivity index (χ4n) is 1.97. The van der Waals surface area contributed by atoms with Crippen LogP contribution >= 0.6 is 24.0 Å². The number of aromatic nitrogens is 2. The van der Waals surface area contributed by atoms with E-state index >= 15 is 0 Å². The van der Waals surface area contributed by atoms with Gasteiger partial charge >= 0.3 is 0 Å². The van der Waals surface area contributed by atoms with E-state index in [0.29, 0.717) is 13.1 Å². The number of aliphatic imine (C=N–C) groups is 1. The average Bonchev–Trinajstić information content (AvgIpc) is 2.86. The van der Waals surface area contributed by atoms with Crippen LogP contribution in [0.25, 0.3) is 0 Å². The third-order valence-electron chi connectivity index (χ3n) is 3.21. The minimum absolute atomic E-state index is 0. The molecule has 1 aromatic rings. The summed E-state index contributed by atoms with van der Waals surface area (Å²) in [4.78, 5) is 18.4. The van der Waals surface area contributed by atoms with E-state index < -0.39 is 0 Å². The highest BCUT2D eigenvalue weighted by molar-refractivity contribution is 14.0. The lowest BCUT2D eigenvalue weighted by molar-refractivity contribution is -0.128. The number of nitrogens with zero attached hydrogens (tertiary/aromatic N) is 4. The van der Waals surface area contributed by atoms with Crippen LogP contribution in [-0.4, -0.2) is 53.2 Å². The highest BCUT2D eigenvalue weighted by atomic mass is 127. The van der Waals surface area contributed by atoms with Gasteiger partial charge in [0.05, 0.1) is 12.7 Å². The van der Waals surface area contributed by atoms with E-state index in [1.54, 1.807) is 4.68 Å². The van der Waals surface area contributed by atoms with Gasteiger partial charge in [0.1, 0.15) is 0 Å². The van der Waals surface area contributed by atoms with Crippen LogP contribution < -0.4 is 10.6 Å². The lowest BCUT2D eigenvalue weighted by Crippen LogP contribution is -2.40. The van der Waals surface area contributed by atoms with Gasteiger partial charge in [0.2, 0.25) is 5.91 Å². The first-order valence-corrected chi connectivity index (χ1v) is 7.99. The zero-order valence-electron chi connectivity index (χ0n) is 15.6. The molecule has 0 aliphatic heterocycles. The molecule has 7 nitrogen and oxygen atoms in total. The van der Waals surface area contributed by atoms with Crippen LogP contribution in [0.3, 0.4) is 0 Å². The van der Waals surface area contributed by atoms with Crippen molar-refractivity contribution in [2.45, 2.75) is 34.2 Å². The van der Waals surface area contributed by atoms with Gasteiger partial charge in [-0.3, -0.25) is 14.5 Å². The number of aryl methyl sites for hydroxylation is 1. The first kappa shape index (κ1) is 22.7. The molecule has 0 aliphatic rings. The number of carbonyl (C=O) groups excluding carboxylic acids is 1. The second kappa shape index (κ2) is 10.5. The standard InChI is InChI=1S/C16H30N6O.HI/c1-7-17-15(19-9-8-18-14(23)16(2,3)4)21(5)11-13-10-20-22(6)12-13;/h10,12H,7-9,11H2,1-6H3,(H,17,19)(H,18,23);1H. The molecular weight excluding hydrogens is 419 g/mol. The molecule has 0 saturated heterocycles. The minimum atomic E-state index is -0.370. The summed E-state index contributed by atoms with van der Waals surface area (Å²) in [5, 5.41) is 10.3. The van der Waals surface area contributed by atoms with Crippen LogP contribution in [0.2, 0.25) is 0 Å². The number of halogens is 1. The van der Waals surface area contributed by atoms with Gasteiger partial charge in [-0.15, -0.1) is 24.0 Å². The van der Waals surface area contributed by atoms with Crippen LogP contribution in [0.4, 0.5) is 0 Å². The first-order chi connectivity index (χ1) is 10.7. The molecule has 24 heavy (non-hydrogen) atoms. The molecule has 0 aromatic carbocycles. The van der Waals surface area contributed by atoms with Gasteiger partial charge in [0.15, 0.2) is 5.96 Å². The smallest absolute Gasteiger partial charge is 0.225 e. The maximum Gasteiger partial charge on any atom is 0.225 e. The van der Waals surface area contributed by atoms with Crippen molar-refractivity contribution in [2.24, 2.45) is 17.5 Å². The molecule has 0 unspecified atom stereocenters. The van der Waals surface area contributed by atoms with Crippen molar-refractivity contribution in [1.82, 2.24) is 25.3 Å². The Morgan fingerprint density at radius 1 is 1.38 bits per heavy atom. The number of amides is 1. The molecule has 1 aromatic heterocycles. The van der Waals surface area contributed by atoms with Gasteiger partial charge in [-0.25, -0.2) is 0 Å². The normalized spacial score (nSPS) is 11.7. The molecular formula is C16H31IN6O. The van der Waals surface area contributed by atoms with Gasteiger partial charge < -0.3 is 15.5 Å². The van der Waals surface area contributed by atoms with Crippen LogP contribution in [0.15, 0.2) is 17.4 Å². The third kappa shape index (κ3) is 7.98. The summed E-state index contributed by atoms with van der Waals surface area (Å²) >= 11 is 0. The quantitative estimate of drug-likeness (QED) is 0.299.